The minimum Gasteiger partial charge on any atom is -0.280 e. The smallest absolute Gasteiger partial charge is 0.280 e. The molecule has 2 aromatic rings. The molecule has 10 heteroatoms. The molecule has 142 valence electrons. The van der Waals surface area contributed by atoms with Crippen LogP contribution >= 0.6 is 0 Å². The maximum Gasteiger partial charge on any atom is 0.416 e. The van der Waals surface area contributed by atoms with E-state index < -0.39 is 39.2 Å². The fraction of sp³-hybridized carbons (Fsp3) is 0.250. The van der Waals surface area contributed by atoms with Crippen molar-refractivity contribution in [3.05, 3.63) is 59.2 Å². The van der Waals surface area contributed by atoms with Crippen LogP contribution in [0.3, 0.4) is 0 Å². The Morgan fingerprint density at radius 2 is 1.31 bits per heavy atom. The first-order chi connectivity index (χ1) is 11.8. The molecule has 0 heterocycles. The number of halogens is 6. The van der Waals surface area contributed by atoms with Crippen LogP contribution < -0.4 is 4.72 Å². The molecule has 0 fully saturated rings. The number of hydrogen-bond acceptors (Lipinski definition) is 2. The van der Waals surface area contributed by atoms with Crippen LogP contribution in [0.25, 0.3) is 0 Å². The van der Waals surface area contributed by atoms with Gasteiger partial charge in [-0.25, -0.2) is 8.42 Å². The average molecular weight is 397 g/mol. The fourth-order valence-corrected chi connectivity index (χ4v) is 3.17. The standard InChI is InChI=1S/C16H13F6NO2S/c1-2-10-3-5-14(6-4-10)26(24,25)23-13-8-11(15(17,18)19)7-12(9-13)16(20,21)22/h3-9,23H,2H2,1H3. The number of hydrogen-bond donors (Lipinski definition) is 1. The molecule has 2 aromatic carbocycles. The van der Waals surface area contributed by atoms with Crippen molar-refractivity contribution in [1.82, 2.24) is 0 Å². The van der Waals surface area contributed by atoms with Crippen LogP contribution in [0.1, 0.15) is 23.6 Å². The first kappa shape index (κ1) is 20.1. The Hall–Kier alpha value is -2.23. The molecule has 26 heavy (non-hydrogen) atoms. The van der Waals surface area contributed by atoms with Crippen LogP contribution in [0.2, 0.25) is 0 Å². The van der Waals surface area contributed by atoms with Gasteiger partial charge >= 0.3 is 12.4 Å². The molecule has 3 nitrogen and oxygen atoms in total. The van der Waals surface area contributed by atoms with Crippen molar-refractivity contribution in [2.24, 2.45) is 0 Å². The topological polar surface area (TPSA) is 46.2 Å². The number of anilines is 1. The van der Waals surface area contributed by atoms with E-state index in [4.69, 9.17) is 0 Å². The SMILES string of the molecule is CCc1ccc(S(=O)(=O)Nc2cc(C(F)(F)F)cc(C(F)(F)F)c2)cc1. The largest absolute Gasteiger partial charge is 0.416 e. The zero-order valence-electron chi connectivity index (χ0n) is 13.2. The molecule has 0 unspecified atom stereocenters. The highest BCUT2D eigenvalue weighted by Crippen LogP contribution is 2.37. The monoisotopic (exact) mass is 397 g/mol. The Morgan fingerprint density at radius 1 is 0.846 bits per heavy atom. The highest BCUT2D eigenvalue weighted by molar-refractivity contribution is 7.92. The summed E-state index contributed by atoms with van der Waals surface area (Å²) in [5.41, 5.74) is -3.22. The molecule has 0 aromatic heterocycles. The third kappa shape index (κ3) is 4.69. The first-order valence-corrected chi connectivity index (χ1v) is 8.72. The van der Waals surface area contributed by atoms with Gasteiger partial charge < -0.3 is 0 Å². The first-order valence-electron chi connectivity index (χ1n) is 7.24. The third-order valence-corrected chi connectivity index (χ3v) is 4.88. The lowest BCUT2D eigenvalue weighted by Gasteiger charge is -2.15. The number of aryl methyl sites for hydroxylation is 1. The Morgan fingerprint density at radius 3 is 1.69 bits per heavy atom. The molecule has 0 amide bonds. The second kappa shape index (κ2) is 6.82. The lowest BCUT2D eigenvalue weighted by atomic mass is 10.1. The summed E-state index contributed by atoms with van der Waals surface area (Å²) < 4.78 is 103. The van der Waals surface area contributed by atoms with Gasteiger partial charge in [-0.3, -0.25) is 4.72 Å². The summed E-state index contributed by atoms with van der Waals surface area (Å²) in [4.78, 5) is -0.277. The Labute approximate surface area is 145 Å². The van der Waals surface area contributed by atoms with Crippen molar-refractivity contribution in [3.8, 4) is 0 Å². The predicted octanol–water partition coefficient (Wildman–Crippen LogP) is 5.09. The molecule has 0 atom stereocenters. The van der Waals surface area contributed by atoms with Crippen LogP contribution in [0.5, 0.6) is 0 Å². The molecule has 1 N–H and O–H groups in total. The van der Waals surface area contributed by atoms with Crippen molar-refractivity contribution in [2.45, 2.75) is 30.6 Å². The third-order valence-electron chi connectivity index (χ3n) is 3.48. The van der Waals surface area contributed by atoms with Gasteiger partial charge in [0, 0.05) is 0 Å². The molecular weight excluding hydrogens is 384 g/mol. The van der Waals surface area contributed by atoms with Crippen molar-refractivity contribution in [2.75, 3.05) is 4.72 Å². The molecule has 0 bridgehead atoms. The van der Waals surface area contributed by atoms with Gasteiger partial charge in [0.25, 0.3) is 10.0 Å². The lowest BCUT2D eigenvalue weighted by Crippen LogP contribution is -2.16. The van der Waals surface area contributed by atoms with Gasteiger partial charge in [0.05, 0.1) is 21.7 Å². The molecule has 0 radical (unpaired) electrons. The minimum absolute atomic E-state index is 0.0756. The number of benzene rings is 2. The van der Waals surface area contributed by atoms with E-state index in [0.29, 0.717) is 18.6 Å². The predicted molar refractivity (Wildman–Crippen MR) is 83.1 cm³/mol. The van der Waals surface area contributed by atoms with Gasteiger partial charge in [-0.15, -0.1) is 0 Å². The zero-order chi connectivity index (χ0) is 19.8. The maximum absolute atomic E-state index is 12.8. The second-order valence-electron chi connectivity index (χ2n) is 5.40. The van der Waals surface area contributed by atoms with E-state index in [2.05, 4.69) is 0 Å². The molecule has 0 spiro atoms. The van der Waals surface area contributed by atoms with Gasteiger partial charge in [-0.1, -0.05) is 19.1 Å². The van der Waals surface area contributed by atoms with E-state index in [0.717, 1.165) is 5.56 Å². The molecule has 0 aliphatic carbocycles. The summed E-state index contributed by atoms with van der Waals surface area (Å²) in [6, 6.07) is 6.00. The fourth-order valence-electron chi connectivity index (χ4n) is 2.13. The van der Waals surface area contributed by atoms with Gasteiger partial charge in [0.1, 0.15) is 0 Å². The van der Waals surface area contributed by atoms with E-state index >= 15 is 0 Å². The summed E-state index contributed by atoms with van der Waals surface area (Å²) in [5, 5.41) is 0. The van der Waals surface area contributed by atoms with Gasteiger partial charge in [-0.2, -0.15) is 26.3 Å². The quantitative estimate of drug-likeness (QED) is 0.731. The summed E-state index contributed by atoms with van der Waals surface area (Å²) in [7, 11) is -4.35. The van der Waals surface area contributed by atoms with Crippen LogP contribution in [-0.4, -0.2) is 8.42 Å². The van der Waals surface area contributed by atoms with E-state index in [1.165, 1.54) is 24.3 Å². The van der Waals surface area contributed by atoms with Crippen LogP contribution in [0, 0.1) is 0 Å². The molecule has 0 saturated carbocycles. The Kier molecular flexibility index (Phi) is 5.27. The van der Waals surface area contributed by atoms with Crippen molar-refractivity contribution < 1.29 is 34.8 Å². The van der Waals surface area contributed by atoms with Crippen molar-refractivity contribution in [3.63, 3.8) is 0 Å². The molecular formula is C16H13F6NO2S. The number of sulfonamides is 1. The van der Waals surface area contributed by atoms with E-state index in [9.17, 15) is 34.8 Å². The van der Waals surface area contributed by atoms with Gasteiger partial charge in [0.2, 0.25) is 0 Å². The molecule has 0 aliphatic rings. The van der Waals surface area contributed by atoms with Crippen LogP contribution in [-0.2, 0) is 28.8 Å². The van der Waals surface area contributed by atoms with Crippen LogP contribution in [0.4, 0.5) is 32.0 Å². The summed E-state index contributed by atoms with van der Waals surface area (Å²) in [5.74, 6) is 0. The average Bonchev–Trinajstić information content (AvgIpc) is 2.52. The summed E-state index contributed by atoms with van der Waals surface area (Å²) in [6.45, 7) is 1.84. The van der Waals surface area contributed by atoms with Crippen molar-refractivity contribution in [1.29, 1.82) is 0 Å². The van der Waals surface area contributed by atoms with Crippen LogP contribution in [0.15, 0.2) is 47.4 Å². The van der Waals surface area contributed by atoms with E-state index in [1.807, 2.05) is 6.92 Å². The number of alkyl halides is 6. The molecule has 0 aliphatic heterocycles. The van der Waals surface area contributed by atoms with E-state index in [-0.39, 0.29) is 11.0 Å². The zero-order valence-corrected chi connectivity index (χ0v) is 14.1. The van der Waals surface area contributed by atoms with Crippen molar-refractivity contribution >= 4 is 15.7 Å². The summed E-state index contributed by atoms with van der Waals surface area (Å²) in [6.07, 6.45) is -9.50. The minimum atomic E-state index is -5.07. The number of rotatable bonds is 4. The lowest BCUT2D eigenvalue weighted by molar-refractivity contribution is -0.143. The van der Waals surface area contributed by atoms with E-state index in [1.54, 1.807) is 4.72 Å². The maximum atomic E-state index is 12.8. The van der Waals surface area contributed by atoms with Gasteiger partial charge in [0.15, 0.2) is 0 Å². The Bertz CT molecular complexity index is 854. The molecule has 2 rings (SSSR count). The highest BCUT2D eigenvalue weighted by Gasteiger charge is 2.37. The van der Waals surface area contributed by atoms with Gasteiger partial charge in [-0.05, 0) is 42.3 Å². The highest BCUT2D eigenvalue weighted by atomic mass is 32.2. The summed E-state index contributed by atoms with van der Waals surface area (Å²) >= 11 is 0. The molecule has 0 saturated heterocycles. The Balaban J connectivity index is 2.46. The second-order valence-corrected chi connectivity index (χ2v) is 7.08. The number of nitrogens with one attached hydrogen (secondary N) is 1. The normalized spacial score (nSPS) is 12.9.